The summed E-state index contributed by atoms with van der Waals surface area (Å²) in [7, 11) is 0. The molecule has 20 heavy (non-hydrogen) atoms. The summed E-state index contributed by atoms with van der Waals surface area (Å²) in [4.78, 5) is 2.54. The van der Waals surface area contributed by atoms with Crippen LogP contribution in [0.4, 0.5) is 0 Å². The molecule has 1 fully saturated rings. The van der Waals surface area contributed by atoms with Crippen LogP contribution in [0.2, 0.25) is 10.0 Å². The third-order valence-electron chi connectivity index (χ3n) is 3.97. The Morgan fingerprint density at radius 3 is 2.50 bits per heavy atom. The Kier molecular flexibility index (Phi) is 6.16. The van der Waals surface area contributed by atoms with Gasteiger partial charge in [-0.25, -0.2) is 0 Å². The van der Waals surface area contributed by atoms with Gasteiger partial charge in [0.1, 0.15) is 0 Å². The minimum atomic E-state index is 0.336. The Bertz CT molecular complexity index is 430. The fourth-order valence-corrected chi connectivity index (χ4v) is 3.23. The largest absolute Gasteiger partial charge is 0.306 e. The smallest absolute Gasteiger partial charge is 0.0595 e. The predicted octanol–water partition coefficient (Wildman–Crippen LogP) is 4.52. The molecule has 1 saturated heterocycles. The molecule has 0 saturated carbocycles. The molecular formula is C16H24Cl2N2. The summed E-state index contributed by atoms with van der Waals surface area (Å²) in [5.74, 6) is 0. The van der Waals surface area contributed by atoms with Crippen molar-refractivity contribution in [2.45, 2.75) is 45.2 Å². The van der Waals surface area contributed by atoms with Gasteiger partial charge in [0.2, 0.25) is 0 Å². The third kappa shape index (κ3) is 4.36. The van der Waals surface area contributed by atoms with Crippen LogP contribution in [0.15, 0.2) is 18.2 Å². The van der Waals surface area contributed by atoms with E-state index in [1.807, 2.05) is 12.1 Å². The quantitative estimate of drug-likeness (QED) is 0.830. The maximum Gasteiger partial charge on any atom is 0.0595 e. The lowest BCUT2D eigenvalue weighted by Crippen LogP contribution is -2.39. The highest BCUT2D eigenvalue weighted by molar-refractivity contribution is 6.42. The third-order valence-corrected chi connectivity index (χ3v) is 4.71. The van der Waals surface area contributed by atoms with Crippen molar-refractivity contribution in [1.82, 2.24) is 10.2 Å². The monoisotopic (exact) mass is 314 g/mol. The molecule has 1 N–H and O–H groups in total. The molecule has 1 heterocycles. The van der Waals surface area contributed by atoms with Gasteiger partial charge in [0.25, 0.3) is 0 Å². The van der Waals surface area contributed by atoms with E-state index in [9.17, 15) is 0 Å². The van der Waals surface area contributed by atoms with Gasteiger partial charge in [-0.15, -0.1) is 0 Å². The predicted molar refractivity (Wildman–Crippen MR) is 87.8 cm³/mol. The van der Waals surface area contributed by atoms with Gasteiger partial charge in [0.05, 0.1) is 10.0 Å². The van der Waals surface area contributed by atoms with Crippen LogP contribution in [0.25, 0.3) is 0 Å². The van der Waals surface area contributed by atoms with Crippen molar-refractivity contribution in [3.8, 4) is 0 Å². The molecule has 4 heteroatoms. The first kappa shape index (κ1) is 16.1. The van der Waals surface area contributed by atoms with E-state index in [0.717, 1.165) is 13.0 Å². The summed E-state index contributed by atoms with van der Waals surface area (Å²) >= 11 is 12.1. The average Bonchev–Trinajstić information content (AvgIpc) is 2.92. The normalized spacial score (nSPS) is 19.2. The fourth-order valence-electron chi connectivity index (χ4n) is 2.93. The first-order valence-electron chi connectivity index (χ1n) is 7.53. The van der Waals surface area contributed by atoms with Crippen LogP contribution in [0.5, 0.6) is 0 Å². The minimum Gasteiger partial charge on any atom is -0.306 e. The Labute approximate surface area is 132 Å². The lowest BCUT2D eigenvalue weighted by atomic mass is 10.0. The Balaban J connectivity index is 1.94. The zero-order valence-electron chi connectivity index (χ0n) is 12.3. The molecule has 2 atom stereocenters. The van der Waals surface area contributed by atoms with E-state index in [4.69, 9.17) is 23.2 Å². The van der Waals surface area contributed by atoms with Crippen LogP contribution in [0, 0.1) is 0 Å². The van der Waals surface area contributed by atoms with Gasteiger partial charge in [-0.3, -0.25) is 0 Å². The number of nitrogens with zero attached hydrogens (tertiary/aromatic N) is 1. The number of hydrogen-bond acceptors (Lipinski definition) is 2. The zero-order chi connectivity index (χ0) is 14.5. The van der Waals surface area contributed by atoms with Crippen molar-refractivity contribution < 1.29 is 0 Å². The number of halogens is 2. The van der Waals surface area contributed by atoms with Gasteiger partial charge in [0.15, 0.2) is 0 Å². The minimum absolute atomic E-state index is 0.336. The first-order valence-corrected chi connectivity index (χ1v) is 8.29. The summed E-state index contributed by atoms with van der Waals surface area (Å²) < 4.78 is 0. The second-order valence-corrected chi connectivity index (χ2v) is 6.52. The Morgan fingerprint density at radius 1 is 1.20 bits per heavy atom. The molecule has 0 spiro atoms. The number of rotatable bonds is 6. The van der Waals surface area contributed by atoms with Crippen molar-refractivity contribution in [2.24, 2.45) is 0 Å². The van der Waals surface area contributed by atoms with Crippen molar-refractivity contribution in [3.05, 3.63) is 33.8 Å². The Morgan fingerprint density at radius 2 is 1.90 bits per heavy atom. The maximum absolute atomic E-state index is 6.12. The molecule has 2 unspecified atom stereocenters. The lowest BCUT2D eigenvalue weighted by Gasteiger charge is -2.26. The van der Waals surface area contributed by atoms with Gasteiger partial charge in [-0.2, -0.15) is 0 Å². The highest BCUT2D eigenvalue weighted by Crippen LogP contribution is 2.27. The van der Waals surface area contributed by atoms with Crippen LogP contribution < -0.4 is 5.32 Å². The zero-order valence-corrected chi connectivity index (χ0v) is 13.8. The second-order valence-electron chi connectivity index (χ2n) is 5.71. The SMILES string of the molecule is CCC(NC(C)CN1CCCC1)c1ccc(Cl)c(Cl)c1. The molecular weight excluding hydrogens is 291 g/mol. The molecule has 0 bridgehead atoms. The second kappa shape index (κ2) is 7.65. The van der Waals surface area contributed by atoms with Crippen molar-refractivity contribution in [3.63, 3.8) is 0 Å². The number of hydrogen-bond donors (Lipinski definition) is 1. The molecule has 2 nitrogen and oxygen atoms in total. The van der Waals surface area contributed by atoms with Crippen LogP contribution in [-0.4, -0.2) is 30.6 Å². The summed E-state index contributed by atoms with van der Waals surface area (Å²) in [6.45, 7) is 8.07. The van der Waals surface area contributed by atoms with E-state index in [2.05, 4.69) is 30.1 Å². The molecule has 1 aliphatic heterocycles. The number of likely N-dealkylation sites (tertiary alicyclic amines) is 1. The lowest BCUT2D eigenvalue weighted by molar-refractivity contribution is 0.284. The van der Waals surface area contributed by atoms with E-state index in [-0.39, 0.29) is 0 Å². The highest BCUT2D eigenvalue weighted by atomic mass is 35.5. The van der Waals surface area contributed by atoms with Crippen molar-refractivity contribution in [1.29, 1.82) is 0 Å². The van der Waals surface area contributed by atoms with Gasteiger partial charge < -0.3 is 10.2 Å². The number of benzene rings is 1. The summed E-state index contributed by atoms with van der Waals surface area (Å²) in [5.41, 5.74) is 1.22. The van der Waals surface area contributed by atoms with Gasteiger partial charge >= 0.3 is 0 Å². The molecule has 0 amide bonds. The fraction of sp³-hybridized carbons (Fsp3) is 0.625. The first-order chi connectivity index (χ1) is 9.60. The average molecular weight is 315 g/mol. The molecule has 112 valence electrons. The summed E-state index contributed by atoms with van der Waals surface area (Å²) in [5, 5.41) is 4.97. The summed E-state index contributed by atoms with van der Waals surface area (Å²) in [6, 6.07) is 6.75. The molecule has 2 rings (SSSR count). The molecule has 1 aliphatic rings. The molecule has 1 aromatic carbocycles. The van der Waals surface area contributed by atoms with Crippen LogP contribution >= 0.6 is 23.2 Å². The van der Waals surface area contributed by atoms with Gasteiger partial charge in [-0.05, 0) is 57.0 Å². The molecule has 0 aromatic heterocycles. The molecule has 1 aromatic rings. The van der Waals surface area contributed by atoms with Crippen molar-refractivity contribution in [2.75, 3.05) is 19.6 Å². The van der Waals surface area contributed by atoms with Gasteiger partial charge in [-0.1, -0.05) is 36.2 Å². The summed E-state index contributed by atoms with van der Waals surface area (Å²) in [6.07, 6.45) is 3.73. The van der Waals surface area contributed by atoms with Crippen LogP contribution in [0.1, 0.15) is 44.7 Å². The standard InChI is InChI=1S/C16H24Cl2N2/c1-3-16(13-6-7-14(17)15(18)10-13)19-12(2)11-20-8-4-5-9-20/h6-7,10,12,16,19H,3-5,8-9,11H2,1-2H3. The van der Waals surface area contributed by atoms with Gasteiger partial charge in [0, 0.05) is 18.6 Å². The van der Waals surface area contributed by atoms with E-state index in [1.54, 1.807) is 0 Å². The number of nitrogens with one attached hydrogen (secondary N) is 1. The Hall–Kier alpha value is -0.280. The van der Waals surface area contributed by atoms with E-state index < -0.39 is 0 Å². The highest BCUT2D eigenvalue weighted by Gasteiger charge is 2.18. The van der Waals surface area contributed by atoms with Crippen LogP contribution in [0.3, 0.4) is 0 Å². The maximum atomic E-state index is 6.12. The van der Waals surface area contributed by atoms with Crippen molar-refractivity contribution >= 4 is 23.2 Å². The molecule has 0 radical (unpaired) electrons. The topological polar surface area (TPSA) is 15.3 Å². The van der Waals surface area contributed by atoms with Crippen LogP contribution in [-0.2, 0) is 0 Å². The van der Waals surface area contributed by atoms with E-state index >= 15 is 0 Å². The van der Waals surface area contributed by atoms with E-state index in [0.29, 0.717) is 22.1 Å². The van der Waals surface area contributed by atoms with E-state index in [1.165, 1.54) is 31.5 Å². The molecule has 0 aliphatic carbocycles.